The van der Waals surface area contributed by atoms with Gasteiger partial charge in [0.05, 0.1) is 39.9 Å². The Labute approximate surface area is 201 Å². The number of phosphoric ester groups is 1. The first-order valence-electron chi connectivity index (χ1n) is 12.6. The molecule has 1 amide bonds. The SMILES string of the molecule is CCCCCC/C=C\[C@@H](O)[C@H](COP(=O)(O)OCC[N+](C)(C)C)NC(=O)CCCCCCC. The van der Waals surface area contributed by atoms with Crippen molar-refractivity contribution in [1.82, 2.24) is 5.32 Å². The summed E-state index contributed by atoms with van der Waals surface area (Å²) in [6.45, 7) is 4.58. The molecule has 196 valence electrons. The van der Waals surface area contributed by atoms with Crippen molar-refractivity contribution in [2.75, 3.05) is 40.9 Å². The fraction of sp³-hybridized carbons (Fsp3) is 0.875. The number of amides is 1. The highest BCUT2D eigenvalue weighted by Gasteiger charge is 2.27. The van der Waals surface area contributed by atoms with Gasteiger partial charge in [-0.3, -0.25) is 13.8 Å². The molecule has 1 unspecified atom stereocenters. The number of nitrogens with one attached hydrogen (secondary N) is 1. The lowest BCUT2D eigenvalue weighted by molar-refractivity contribution is -0.870. The number of hydrogen-bond donors (Lipinski definition) is 3. The lowest BCUT2D eigenvalue weighted by atomic mass is 10.1. The van der Waals surface area contributed by atoms with Crippen molar-refractivity contribution >= 4 is 13.7 Å². The van der Waals surface area contributed by atoms with E-state index in [0.717, 1.165) is 57.8 Å². The highest BCUT2D eigenvalue weighted by molar-refractivity contribution is 7.47. The highest BCUT2D eigenvalue weighted by atomic mass is 31.2. The molecule has 0 saturated carbocycles. The maximum atomic E-state index is 12.4. The summed E-state index contributed by atoms with van der Waals surface area (Å²) in [5.41, 5.74) is 0. The van der Waals surface area contributed by atoms with E-state index in [1.807, 2.05) is 27.2 Å². The summed E-state index contributed by atoms with van der Waals surface area (Å²) in [6, 6.07) is -0.831. The molecule has 0 radical (unpaired) electrons. The number of phosphoric acid groups is 1. The third-order valence-corrected chi connectivity index (χ3v) is 6.24. The van der Waals surface area contributed by atoms with Crippen LogP contribution < -0.4 is 5.32 Å². The Morgan fingerprint density at radius 1 is 1.00 bits per heavy atom. The quantitative estimate of drug-likeness (QED) is 0.0937. The standard InChI is InChI=1S/C24H49N2O6P/c1-6-8-10-12-14-15-17-23(27)22(25-24(28)18-16-13-11-9-7-2)21-32-33(29,30)31-20-19-26(3,4)5/h15,17,22-23,27H,6-14,16,18-21H2,1-5H3,(H-,25,28,29,30)/p+1/b17-15-/t22-,23+/m0/s1. The monoisotopic (exact) mass is 493 g/mol. The predicted octanol–water partition coefficient (Wildman–Crippen LogP) is 4.56. The Balaban J connectivity index is 4.79. The number of carbonyl (C=O) groups is 1. The zero-order chi connectivity index (χ0) is 25.2. The number of allylic oxidation sites excluding steroid dienone is 1. The molecule has 0 fully saturated rings. The first-order valence-corrected chi connectivity index (χ1v) is 14.1. The zero-order valence-corrected chi connectivity index (χ0v) is 22.5. The summed E-state index contributed by atoms with van der Waals surface area (Å²) in [4.78, 5) is 22.4. The second kappa shape index (κ2) is 18.6. The van der Waals surface area contributed by atoms with E-state index in [1.54, 1.807) is 6.08 Å². The van der Waals surface area contributed by atoms with E-state index in [0.29, 0.717) is 17.4 Å². The van der Waals surface area contributed by atoms with Crippen LogP contribution in [0.3, 0.4) is 0 Å². The van der Waals surface area contributed by atoms with Crippen LogP contribution in [0, 0.1) is 0 Å². The van der Waals surface area contributed by atoms with Gasteiger partial charge in [-0.05, 0) is 19.3 Å². The number of rotatable bonds is 21. The van der Waals surface area contributed by atoms with E-state index in [1.165, 1.54) is 6.42 Å². The fourth-order valence-corrected chi connectivity index (χ4v) is 3.83. The van der Waals surface area contributed by atoms with Crippen molar-refractivity contribution in [3.63, 3.8) is 0 Å². The summed E-state index contributed by atoms with van der Waals surface area (Å²) < 4.78 is 23.0. The van der Waals surface area contributed by atoms with Crippen LogP contribution in [0.5, 0.6) is 0 Å². The molecule has 0 aromatic carbocycles. The van der Waals surface area contributed by atoms with E-state index in [2.05, 4.69) is 19.2 Å². The summed E-state index contributed by atoms with van der Waals surface area (Å²) in [5.74, 6) is -0.200. The van der Waals surface area contributed by atoms with Gasteiger partial charge in [0.2, 0.25) is 5.91 Å². The van der Waals surface area contributed by atoms with Crippen molar-refractivity contribution in [2.45, 2.75) is 96.6 Å². The Morgan fingerprint density at radius 2 is 1.61 bits per heavy atom. The van der Waals surface area contributed by atoms with E-state index in [9.17, 15) is 19.4 Å². The van der Waals surface area contributed by atoms with E-state index < -0.39 is 20.0 Å². The van der Waals surface area contributed by atoms with Crippen LogP contribution in [-0.2, 0) is 18.4 Å². The molecule has 0 aromatic heterocycles. The number of likely N-dealkylation sites (N-methyl/N-ethyl adjacent to an activating group) is 1. The van der Waals surface area contributed by atoms with Gasteiger partial charge in [0.15, 0.2) is 0 Å². The van der Waals surface area contributed by atoms with Gasteiger partial charge in [0.1, 0.15) is 13.2 Å². The van der Waals surface area contributed by atoms with Crippen molar-refractivity contribution in [2.24, 2.45) is 0 Å². The molecular weight excluding hydrogens is 443 g/mol. The Kier molecular flexibility index (Phi) is 18.1. The number of unbranched alkanes of at least 4 members (excludes halogenated alkanes) is 8. The van der Waals surface area contributed by atoms with E-state index in [4.69, 9.17) is 9.05 Å². The highest BCUT2D eigenvalue weighted by Crippen LogP contribution is 2.43. The minimum absolute atomic E-state index is 0.0618. The fourth-order valence-electron chi connectivity index (χ4n) is 3.09. The molecule has 8 nitrogen and oxygen atoms in total. The maximum absolute atomic E-state index is 12.4. The van der Waals surface area contributed by atoms with Gasteiger partial charge in [-0.1, -0.05) is 70.9 Å². The number of aliphatic hydroxyl groups is 1. The molecule has 0 spiro atoms. The minimum atomic E-state index is -4.29. The third kappa shape index (κ3) is 20.3. The van der Waals surface area contributed by atoms with Gasteiger partial charge in [0, 0.05) is 6.42 Å². The van der Waals surface area contributed by atoms with E-state index >= 15 is 0 Å². The van der Waals surface area contributed by atoms with E-state index in [-0.39, 0.29) is 19.1 Å². The molecular formula is C24H50N2O6P+. The molecule has 33 heavy (non-hydrogen) atoms. The van der Waals surface area contributed by atoms with Crippen molar-refractivity contribution in [1.29, 1.82) is 0 Å². The van der Waals surface area contributed by atoms with Crippen LogP contribution in [0.2, 0.25) is 0 Å². The van der Waals surface area contributed by atoms with Crippen LogP contribution >= 0.6 is 7.82 Å². The van der Waals surface area contributed by atoms with Crippen molar-refractivity contribution < 1.29 is 32.9 Å². The molecule has 0 saturated heterocycles. The summed E-state index contributed by atoms with van der Waals surface area (Å²) in [7, 11) is 1.56. The second-order valence-corrected chi connectivity index (χ2v) is 11.2. The van der Waals surface area contributed by atoms with Crippen LogP contribution in [0.4, 0.5) is 0 Å². The molecule has 3 atom stereocenters. The molecule has 3 N–H and O–H groups in total. The van der Waals surface area contributed by atoms with Crippen molar-refractivity contribution in [3.8, 4) is 0 Å². The molecule has 0 aliphatic heterocycles. The third-order valence-electron chi connectivity index (χ3n) is 5.26. The molecule has 0 bridgehead atoms. The Bertz CT molecular complexity index is 580. The number of nitrogens with zero attached hydrogens (tertiary/aromatic N) is 1. The second-order valence-electron chi connectivity index (χ2n) is 9.72. The smallest absolute Gasteiger partial charge is 0.387 e. The predicted molar refractivity (Wildman–Crippen MR) is 134 cm³/mol. The van der Waals surface area contributed by atoms with Gasteiger partial charge in [-0.2, -0.15) is 0 Å². The van der Waals surface area contributed by atoms with Gasteiger partial charge in [0.25, 0.3) is 0 Å². The average Bonchev–Trinajstić information content (AvgIpc) is 2.72. The summed E-state index contributed by atoms with van der Waals surface area (Å²) in [6.07, 6.45) is 13.3. The van der Waals surface area contributed by atoms with Gasteiger partial charge < -0.3 is 19.8 Å². The molecule has 9 heteroatoms. The van der Waals surface area contributed by atoms with Gasteiger partial charge in [-0.25, -0.2) is 4.57 Å². The lowest BCUT2D eigenvalue weighted by Crippen LogP contribution is -2.45. The van der Waals surface area contributed by atoms with Crippen molar-refractivity contribution in [3.05, 3.63) is 12.2 Å². The summed E-state index contributed by atoms with van der Waals surface area (Å²) >= 11 is 0. The first-order chi connectivity index (χ1) is 15.5. The normalized spacial score (nSPS) is 16.0. The first kappa shape index (κ1) is 32.2. The molecule has 0 aliphatic rings. The molecule has 0 aromatic rings. The van der Waals surface area contributed by atoms with Crippen LogP contribution in [0.1, 0.15) is 84.5 Å². The average molecular weight is 494 g/mol. The number of quaternary nitrogens is 1. The summed E-state index contributed by atoms with van der Waals surface area (Å²) in [5, 5.41) is 13.4. The molecule has 0 rings (SSSR count). The van der Waals surface area contributed by atoms with Crippen LogP contribution in [0.25, 0.3) is 0 Å². The molecule has 0 heterocycles. The Hall–Kier alpha value is -0.760. The molecule has 0 aliphatic carbocycles. The lowest BCUT2D eigenvalue weighted by Gasteiger charge is -2.25. The zero-order valence-electron chi connectivity index (χ0n) is 21.6. The van der Waals surface area contributed by atoms with Gasteiger partial charge in [-0.15, -0.1) is 0 Å². The number of hydrogen-bond acceptors (Lipinski definition) is 5. The Morgan fingerprint density at radius 3 is 2.21 bits per heavy atom. The van der Waals surface area contributed by atoms with Gasteiger partial charge >= 0.3 is 7.82 Å². The van der Waals surface area contributed by atoms with Crippen LogP contribution in [0.15, 0.2) is 12.2 Å². The minimum Gasteiger partial charge on any atom is -0.387 e. The number of aliphatic hydroxyl groups excluding tert-OH is 1. The van der Waals surface area contributed by atoms with Crippen LogP contribution in [-0.4, -0.2) is 73.4 Å². The largest absolute Gasteiger partial charge is 0.472 e. The topological polar surface area (TPSA) is 105 Å². The number of carbonyl (C=O) groups excluding carboxylic acids is 1. The maximum Gasteiger partial charge on any atom is 0.472 e.